The van der Waals surface area contributed by atoms with Crippen LogP contribution >= 0.6 is 0 Å². The molecular weight excluding hydrogens is 277 g/mol. The Labute approximate surface area is 122 Å². The zero-order valence-corrected chi connectivity index (χ0v) is 11.8. The molecular formula is C15H18FNO4. The molecule has 114 valence electrons. The smallest absolute Gasteiger partial charge is 0.310 e. The van der Waals surface area contributed by atoms with Crippen LogP contribution in [0.5, 0.6) is 0 Å². The van der Waals surface area contributed by atoms with Crippen LogP contribution in [0.2, 0.25) is 0 Å². The molecule has 2 atom stereocenters. The molecule has 0 bridgehead atoms. The SMILES string of the molecule is Cc1ccc(F)cc1CC(=O)N1CC[C@@H](O)[C@@H](C(=O)O)C1. The van der Waals surface area contributed by atoms with Crippen LogP contribution in [-0.2, 0) is 16.0 Å². The molecule has 2 N–H and O–H groups in total. The fraction of sp³-hybridized carbons (Fsp3) is 0.467. The van der Waals surface area contributed by atoms with Crippen molar-refractivity contribution < 1.29 is 24.2 Å². The number of aliphatic hydroxyl groups is 1. The van der Waals surface area contributed by atoms with E-state index in [4.69, 9.17) is 5.11 Å². The Morgan fingerprint density at radius 1 is 1.43 bits per heavy atom. The summed E-state index contributed by atoms with van der Waals surface area (Å²) >= 11 is 0. The molecule has 1 aromatic carbocycles. The number of carboxylic acids is 1. The molecule has 0 radical (unpaired) electrons. The third kappa shape index (κ3) is 3.58. The van der Waals surface area contributed by atoms with Gasteiger partial charge in [0.25, 0.3) is 0 Å². The Kier molecular flexibility index (Phi) is 4.57. The highest BCUT2D eigenvalue weighted by molar-refractivity contribution is 5.80. The lowest BCUT2D eigenvalue weighted by Gasteiger charge is -2.34. The van der Waals surface area contributed by atoms with Gasteiger partial charge < -0.3 is 15.1 Å². The second-order valence-electron chi connectivity index (χ2n) is 5.39. The summed E-state index contributed by atoms with van der Waals surface area (Å²) in [7, 11) is 0. The fourth-order valence-corrected chi connectivity index (χ4v) is 2.51. The Morgan fingerprint density at radius 2 is 2.14 bits per heavy atom. The summed E-state index contributed by atoms with van der Waals surface area (Å²) in [6, 6.07) is 4.26. The molecule has 1 aromatic rings. The lowest BCUT2D eigenvalue weighted by atomic mass is 9.94. The Hall–Kier alpha value is -1.95. The van der Waals surface area contributed by atoms with Gasteiger partial charge in [0.2, 0.25) is 5.91 Å². The first-order valence-electron chi connectivity index (χ1n) is 6.82. The molecule has 0 aliphatic carbocycles. The van der Waals surface area contributed by atoms with Crippen molar-refractivity contribution in [3.63, 3.8) is 0 Å². The van der Waals surface area contributed by atoms with Crippen molar-refractivity contribution in [2.75, 3.05) is 13.1 Å². The fourth-order valence-electron chi connectivity index (χ4n) is 2.51. The Bertz CT molecular complexity index is 561. The van der Waals surface area contributed by atoms with Crippen molar-refractivity contribution in [1.29, 1.82) is 0 Å². The number of hydrogen-bond donors (Lipinski definition) is 2. The van der Waals surface area contributed by atoms with E-state index in [1.807, 2.05) is 0 Å². The van der Waals surface area contributed by atoms with Crippen LogP contribution in [0.3, 0.4) is 0 Å². The van der Waals surface area contributed by atoms with Gasteiger partial charge in [0, 0.05) is 13.1 Å². The predicted molar refractivity (Wildman–Crippen MR) is 73.2 cm³/mol. The number of carbonyl (C=O) groups excluding carboxylic acids is 1. The number of amides is 1. The van der Waals surface area contributed by atoms with E-state index in [0.29, 0.717) is 12.1 Å². The quantitative estimate of drug-likeness (QED) is 0.871. The van der Waals surface area contributed by atoms with Crippen molar-refractivity contribution in [3.05, 3.63) is 35.1 Å². The topological polar surface area (TPSA) is 77.8 Å². The zero-order chi connectivity index (χ0) is 15.6. The van der Waals surface area contributed by atoms with Crippen molar-refractivity contribution in [2.45, 2.75) is 25.9 Å². The van der Waals surface area contributed by atoms with Crippen molar-refractivity contribution in [1.82, 2.24) is 4.90 Å². The van der Waals surface area contributed by atoms with E-state index < -0.39 is 23.8 Å². The van der Waals surface area contributed by atoms with Gasteiger partial charge in [-0.2, -0.15) is 0 Å². The molecule has 1 amide bonds. The minimum atomic E-state index is -1.11. The highest BCUT2D eigenvalue weighted by atomic mass is 19.1. The summed E-state index contributed by atoms with van der Waals surface area (Å²) in [6.45, 7) is 2.10. The van der Waals surface area contributed by atoms with Gasteiger partial charge in [-0.1, -0.05) is 6.07 Å². The van der Waals surface area contributed by atoms with Crippen molar-refractivity contribution in [2.24, 2.45) is 5.92 Å². The molecule has 6 heteroatoms. The average molecular weight is 295 g/mol. The Morgan fingerprint density at radius 3 is 2.81 bits per heavy atom. The number of rotatable bonds is 3. The molecule has 21 heavy (non-hydrogen) atoms. The van der Waals surface area contributed by atoms with Crippen LogP contribution in [0.4, 0.5) is 4.39 Å². The van der Waals surface area contributed by atoms with Gasteiger partial charge in [-0.25, -0.2) is 4.39 Å². The van der Waals surface area contributed by atoms with E-state index in [9.17, 15) is 19.1 Å². The third-order valence-corrected chi connectivity index (χ3v) is 3.90. The summed E-state index contributed by atoms with van der Waals surface area (Å²) in [6.07, 6.45) is -0.654. The molecule has 0 saturated carbocycles. The van der Waals surface area contributed by atoms with E-state index in [1.165, 1.54) is 17.0 Å². The van der Waals surface area contributed by atoms with Gasteiger partial charge in [0.05, 0.1) is 12.5 Å². The molecule has 5 nitrogen and oxygen atoms in total. The van der Waals surface area contributed by atoms with Crippen LogP contribution in [-0.4, -0.2) is 46.2 Å². The third-order valence-electron chi connectivity index (χ3n) is 3.90. The van der Waals surface area contributed by atoms with Gasteiger partial charge in [0.1, 0.15) is 11.7 Å². The summed E-state index contributed by atoms with van der Waals surface area (Å²) < 4.78 is 13.2. The molecule has 0 aromatic heterocycles. The lowest BCUT2D eigenvalue weighted by molar-refractivity contribution is -0.151. The maximum Gasteiger partial charge on any atom is 0.310 e. The van der Waals surface area contributed by atoms with E-state index >= 15 is 0 Å². The normalized spacial score (nSPS) is 22.1. The highest BCUT2D eigenvalue weighted by Crippen LogP contribution is 2.19. The Balaban J connectivity index is 2.06. The number of benzene rings is 1. The van der Waals surface area contributed by atoms with Crippen LogP contribution in [0, 0.1) is 18.7 Å². The monoisotopic (exact) mass is 295 g/mol. The molecule has 2 rings (SSSR count). The predicted octanol–water partition coefficient (Wildman–Crippen LogP) is 0.971. The van der Waals surface area contributed by atoms with Gasteiger partial charge in [-0.05, 0) is 36.6 Å². The molecule has 0 spiro atoms. The van der Waals surface area contributed by atoms with Crippen LogP contribution in [0.15, 0.2) is 18.2 Å². The number of carboxylic acid groups (broad SMARTS) is 1. The number of piperidine rings is 1. The second kappa shape index (κ2) is 6.22. The van der Waals surface area contributed by atoms with E-state index in [1.54, 1.807) is 13.0 Å². The zero-order valence-electron chi connectivity index (χ0n) is 11.8. The average Bonchev–Trinajstić information content (AvgIpc) is 2.43. The summed E-state index contributed by atoms with van der Waals surface area (Å²) in [5.41, 5.74) is 1.41. The standard InChI is InChI=1S/C15H18FNO4/c1-9-2-3-11(16)6-10(9)7-14(19)17-5-4-13(18)12(8-17)15(20)21/h2-3,6,12-13,18H,4-5,7-8H2,1H3,(H,20,21)/t12-,13+/m0/s1. The van der Waals surface area contributed by atoms with Gasteiger partial charge in [-0.3, -0.25) is 9.59 Å². The first kappa shape index (κ1) is 15.4. The summed E-state index contributed by atoms with van der Waals surface area (Å²) in [4.78, 5) is 24.7. The van der Waals surface area contributed by atoms with Gasteiger partial charge >= 0.3 is 5.97 Å². The number of nitrogens with zero attached hydrogens (tertiary/aromatic N) is 1. The first-order valence-corrected chi connectivity index (χ1v) is 6.82. The number of halogens is 1. The molecule has 1 saturated heterocycles. The number of aliphatic hydroxyl groups excluding tert-OH is 1. The van der Waals surface area contributed by atoms with Crippen molar-refractivity contribution in [3.8, 4) is 0 Å². The largest absolute Gasteiger partial charge is 0.481 e. The maximum absolute atomic E-state index is 13.2. The molecule has 1 heterocycles. The minimum Gasteiger partial charge on any atom is -0.481 e. The van der Waals surface area contributed by atoms with Gasteiger partial charge in [-0.15, -0.1) is 0 Å². The molecule has 1 fully saturated rings. The first-order chi connectivity index (χ1) is 9.88. The highest BCUT2D eigenvalue weighted by Gasteiger charge is 2.34. The van der Waals surface area contributed by atoms with Crippen LogP contribution in [0.25, 0.3) is 0 Å². The van der Waals surface area contributed by atoms with E-state index in [0.717, 1.165) is 5.56 Å². The van der Waals surface area contributed by atoms with E-state index in [2.05, 4.69) is 0 Å². The number of aliphatic carboxylic acids is 1. The molecule has 1 aliphatic heterocycles. The van der Waals surface area contributed by atoms with Crippen molar-refractivity contribution >= 4 is 11.9 Å². The van der Waals surface area contributed by atoms with Gasteiger partial charge in [0.15, 0.2) is 0 Å². The molecule has 1 aliphatic rings. The number of carbonyl (C=O) groups is 2. The molecule has 0 unspecified atom stereocenters. The summed E-state index contributed by atoms with van der Waals surface area (Å²) in [5, 5.41) is 18.7. The maximum atomic E-state index is 13.2. The van der Waals surface area contributed by atoms with Crippen LogP contribution < -0.4 is 0 Å². The number of likely N-dealkylation sites (tertiary alicyclic amines) is 1. The number of hydrogen-bond acceptors (Lipinski definition) is 3. The second-order valence-corrected chi connectivity index (χ2v) is 5.39. The lowest BCUT2D eigenvalue weighted by Crippen LogP contribution is -2.49. The summed E-state index contributed by atoms with van der Waals surface area (Å²) in [5.74, 6) is -2.72. The van der Waals surface area contributed by atoms with Crippen LogP contribution in [0.1, 0.15) is 17.5 Å². The number of aryl methyl sites for hydroxylation is 1. The van der Waals surface area contributed by atoms with E-state index in [-0.39, 0.29) is 25.3 Å². The minimum absolute atomic E-state index is 0.0102.